The van der Waals surface area contributed by atoms with Gasteiger partial charge in [0, 0.05) is 35.3 Å². The molecule has 1 fully saturated rings. The molecule has 0 spiro atoms. The highest BCUT2D eigenvalue weighted by Gasteiger charge is 2.37. The predicted octanol–water partition coefficient (Wildman–Crippen LogP) is 4.01. The summed E-state index contributed by atoms with van der Waals surface area (Å²) < 4.78 is 21.1. The fourth-order valence-electron chi connectivity index (χ4n) is 5.06. The number of hydrogen-bond acceptors (Lipinski definition) is 5. The Labute approximate surface area is 178 Å². The standard InChI is InChI=1S/C23H23FN6O/c1-23(8-14-11-31-12-14)6-4-19-20(16-5-7-25-22-17(16)10-27-28-22)21(29-30(19)13-23)18-3-2-15(24)9-26-18/h2-3,5,7,9-10,14H,4,6,8,11-13H2,1H3,(H,25,27,28). The van der Waals surface area contributed by atoms with E-state index < -0.39 is 0 Å². The van der Waals surface area contributed by atoms with Gasteiger partial charge in [0.2, 0.25) is 0 Å². The molecule has 7 nitrogen and oxygen atoms in total. The normalized spacial score (nSPS) is 21.2. The Kier molecular flexibility index (Phi) is 4.17. The summed E-state index contributed by atoms with van der Waals surface area (Å²) in [6, 6.07) is 5.14. The minimum Gasteiger partial charge on any atom is -0.381 e. The maximum absolute atomic E-state index is 13.6. The topological polar surface area (TPSA) is 81.5 Å². The average Bonchev–Trinajstić information content (AvgIpc) is 3.35. The fraction of sp³-hybridized carbons (Fsp3) is 0.391. The molecule has 1 N–H and O–H groups in total. The zero-order valence-electron chi connectivity index (χ0n) is 17.3. The quantitative estimate of drug-likeness (QED) is 0.542. The molecule has 8 heteroatoms. The zero-order valence-corrected chi connectivity index (χ0v) is 17.3. The van der Waals surface area contributed by atoms with Crippen LogP contribution in [0.15, 0.2) is 36.8 Å². The summed E-state index contributed by atoms with van der Waals surface area (Å²) in [5, 5.41) is 13.1. The lowest BCUT2D eigenvalue weighted by molar-refractivity contribution is -0.0574. The molecule has 1 saturated heterocycles. The van der Waals surface area contributed by atoms with Crippen LogP contribution in [0.2, 0.25) is 0 Å². The lowest BCUT2D eigenvalue weighted by Crippen LogP contribution is -2.38. The van der Waals surface area contributed by atoms with Gasteiger partial charge in [-0.05, 0) is 48.4 Å². The van der Waals surface area contributed by atoms with Crippen LogP contribution in [0, 0.1) is 17.2 Å². The number of nitrogens with zero attached hydrogens (tertiary/aromatic N) is 5. The number of nitrogens with one attached hydrogen (secondary N) is 1. The van der Waals surface area contributed by atoms with E-state index in [0.29, 0.717) is 11.6 Å². The third-order valence-electron chi connectivity index (χ3n) is 6.64. The van der Waals surface area contributed by atoms with Gasteiger partial charge in [0.25, 0.3) is 0 Å². The van der Waals surface area contributed by atoms with Crippen molar-refractivity contribution in [2.45, 2.75) is 32.7 Å². The van der Waals surface area contributed by atoms with E-state index in [2.05, 4.69) is 31.8 Å². The number of pyridine rings is 2. The van der Waals surface area contributed by atoms with Crippen molar-refractivity contribution < 1.29 is 9.13 Å². The summed E-state index contributed by atoms with van der Waals surface area (Å²) in [6.07, 6.45) is 8.00. The first kappa shape index (κ1) is 18.6. The zero-order chi connectivity index (χ0) is 21.0. The number of rotatable bonds is 4. The molecule has 4 aromatic heterocycles. The Bertz CT molecular complexity index is 1260. The van der Waals surface area contributed by atoms with Crippen LogP contribution in [0.4, 0.5) is 4.39 Å². The third-order valence-corrected chi connectivity index (χ3v) is 6.64. The minimum absolute atomic E-state index is 0.182. The first-order valence-electron chi connectivity index (χ1n) is 10.7. The molecule has 4 aromatic rings. The maximum Gasteiger partial charge on any atom is 0.155 e. The molecule has 6 heterocycles. The Hall–Kier alpha value is -3.13. The Balaban J connectivity index is 1.50. The van der Waals surface area contributed by atoms with Crippen molar-refractivity contribution in [2.75, 3.05) is 13.2 Å². The van der Waals surface area contributed by atoms with E-state index in [4.69, 9.17) is 9.84 Å². The van der Waals surface area contributed by atoms with Crippen molar-refractivity contribution in [1.29, 1.82) is 0 Å². The first-order valence-corrected chi connectivity index (χ1v) is 10.7. The van der Waals surface area contributed by atoms with Gasteiger partial charge in [-0.2, -0.15) is 10.2 Å². The van der Waals surface area contributed by atoms with Crippen LogP contribution in [-0.4, -0.2) is 43.2 Å². The third kappa shape index (κ3) is 3.13. The van der Waals surface area contributed by atoms with Crippen molar-refractivity contribution >= 4 is 11.0 Å². The van der Waals surface area contributed by atoms with Crippen LogP contribution in [0.25, 0.3) is 33.5 Å². The molecule has 6 rings (SSSR count). The fourth-order valence-corrected chi connectivity index (χ4v) is 5.06. The molecule has 1 unspecified atom stereocenters. The Morgan fingerprint density at radius 1 is 1.23 bits per heavy atom. The van der Waals surface area contributed by atoms with Gasteiger partial charge >= 0.3 is 0 Å². The molecule has 2 aliphatic heterocycles. The van der Waals surface area contributed by atoms with E-state index in [9.17, 15) is 4.39 Å². The van der Waals surface area contributed by atoms with Gasteiger partial charge in [0.15, 0.2) is 5.65 Å². The monoisotopic (exact) mass is 418 g/mol. The smallest absolute Gasteiger partial charge is 0.155 e. The van der Waals surface area contributed by atoms with Gasteiger partial charge in [-0.25, -0.2) is 9.37 Å². The van der Waals surface area contributed by atoms with Crippen LogP contribution in [0.5, 0.6) is 0 Å². The van der Waals surface area contributed by atoms with Crippen molar-refractivity contribution in [3.8, 4) is 22.5 Å². The van der Waals surface area contributed by atoms with Gasteiger partial charge in [-0.15, -0.1) is 0 Å². The molecule has 0 saturated carbocycles. The predicted molar refractivity (Wildman–Crippen MR) is 114 cm³/mol. The van der Waals surface area contributed by atoms with Crippen LogP contribution in [-0.2, 0) is 17.7 Å². The molecular formula is C23H23FN6O. The van der Waals surface area contributed by atoms with Gasteiger partial charge < -0.3 is 4.74 Å². The Morgan fingerprint density at radius 3 is 2.90 bits per heavy atom. The largest absolute Gasteiger partial charge is 0.381 e. The van der Waals surface area contributed by atoms with E-state index in [1.54, 1.807) is 18.5 Å². The van der Waals surface area contributed by atoms with Gasteiger partial charge in [0.05, 0.1) is 31.3 Å². The number of aromatic nitrogens is 6. The average molecular weight is 418 g/mol. The second kappa shape index (κ2) is 6.95. The maximum atomic E-state index is 13.6. The molecule has 0 radical (unpaired) electrons. The summed E-state index contributed by atoms with van der Waals surface area (Å²) in [5.74, 6) is 0.288. The number of ether oxygens (including phenoxy) is 1. The number of hydrogen-bond donors (Lipinski definition) is 1. The second-order valence-electron chi connectivity index (χ2n) is 9.10. The molecule has 0 aliphatic carbocycles. The van der Waals surface area contributed by atoms with Crippen molar-refractivity contribution in [3.63, 3.8) is 0 Å². The van der Waals surface area contributed by atoms with Crippen molar-refractivity contribution in [2.24, 2.45) is 11.3 Å². The number of H-pyrrole nitrogens is 1. The second-order valence-corrected chi connectivity index (χ2v) is 9.10. The first-order chi connectivity index (χ1) is 15.1. The molecule has 158 valence electrons. The molecule has 2 aliphatic rings. The highest BCUT2D eigenvalue weighted by Crippen LogP contribution is 2.44. The Morgan fingerprint density at radius 2 is 2.13 bits per heavy atom. The van der Waals surface area contributed by atoms with Crippen LogP contribution in [0.3, 0.4) is 0 Å². The van der Waals surface area contributed by atoms with Crippen LogP contribution >= 0.6 is 0 Å². The van der Waals surface area contributed by atoms with Gasteiger partial charge in [-0.1, -0.05) is 6.92 Å². The van der Waals surface area contributed by atoms with Gasteiger partial charge in [-0.3, -0.25) is 14.8 Å². The molecule has 1 atom stereocenters. The van der Waals surface area contributed by atoms with E-state index in [-0.39, 0.29) is 11.2 Å². The lowest BCUT2D eigenvalue weighted by atomic mass is 9.74. The molecular weight excluding hydrogens is 395 g/mol. The SMILES string of the molecule is CC1(CC2COC2)CCc2c(-c3ccnc4[nH]ncc34)c(-c3ccc(F)cn3)nn2C1. The molecule has 0 aromatic carbocycles. The van der Waals surface area contributed by atoms with E-state index >= 15 is 0 Å². The molecule has 31 heavy (non-hydrogen) atoms. The number of halogens is 1. The van der Waals surface area contributed by atoms with Gasteiger partial charge in [0.1, 0.15) is 11.5 Å². The summed E-state index contributed by atoms with van der Waals surface area (Å²) in [4.78, 5) is 8.73. The van der Waals surface area contributed by atoms with E-state index in [1.165, 1.54) is 18.0 Å². The minimum atomic E-state index is -0.356. The summed E-state index contributed by atoms with van der Waals surface area (Å²) in [6.45, 7) is 4.94. The van der Waals surface area contributed by atoms with Crippen molar-refractivity contribution in [1.82, 2.24) is 29.9 Å². The van der Waals surface area contributed by atoms with Crippen LogP contribution in [0.1, 0.15) is 25.5 Å². The molecule has 0 bridgehead atoms. The highest BCUT2D eigenvalue weighted by molar-refractivity contribution is 5.97. The number of fused-ring (bicyclic) bond motifs is 2. The summed E-state index contributed by atoms with van der Waals surface area (Å²) in [5.41, 5.74) is 5.62. The van der Waals surface area contributed by atoms with Crippen molar-refractivity contribution in [3.05, 3.63) is 48.3 Å². The number of aromatic amines is 1. The summed E-state index contributed by atoms with van der Waals surface area (Å²) >= 11 is 0. The highest BCUT2D eigenvalue weighted by atomic mass is 19.1. The summed E-state index contributed by atoms with van der Waals surface area (Å²) in [7, 11) is 0. The molecule has 0 amide bonds. The van der Waals surface area contributed by atoms with E-state index in [1.807, 2.05) is 6.07 Å². The van der Waals surface area contributed by atoms with E-state index in [0.717, 1.165) is 66.9 Å². The lowest BCUT2D eigenvalue weighted by Gasteiger charge is -2.39. The van der Waals surface area contributed by atoms with Crippen LogP contribution < -0.4 is 0 Å².